The van der Waals surface area contributed by atoms with Gasteiger partial charge in [-0.25, -0.2) is 0 Å². The first kappa shape index (κ1) is 15.0. The van der Waals surface area contributed by atoms with Gasteiger partial charge in [-0.3, -0.25) is 0 Å². The lowest BCUT2D eigenvalue weighted by molar-refractivity contribution is 0.317. The molecule has 1 aromatic carbocycles. The summed E-state index contributed by atoms with van der Waals surface area (Å²) in [6, 6.07) is 8.97. The average Bonchev–Trinajstić information content (AvgIpc) is 2.41. The molecular weight excluding hydrogens is 222 g/mol. The Hall–Kier alpha value is -1.02. The first-order valence-electron chi connectivity index (χ1n) is 7.21. The van der Waals surface area contributed by atoms with Gasteiger partial charge >= 0.3 is 0 Å². The van der Waals surface area contributed by atoms with Crippen LogP contribution in [0.4, 0.5) is 0 Å². The van der Waals surface area contributed by atoms with Crippen molar-refractivity contribution in [3.05, 3.63) is 29.8 Å². The van der Waals surface area contributed by atoms with Crippen LogP contribution in [0, 0.1) is 0 Å². The van der Waals surface area contributed by atoms with Crippen LogP contribution in [0.2, 0.25) is 0 Å². The molecule has 0 aliphatic heterocycles. The van der Waals surface area contributed by atoms with E-state index in [0.717, 1.165) is 25.3 Å². The van der Waals surface area contributed by atoms with Gasteiger partial charge in [0.15, 0.2) is 0 Å². The van der Waals surface area contributed by atoms with Gasteiger partial charge < -0.3 is 10.1 Å². The number of hydrogen-bond acceptors (Lipinski definition) is 2. The fraction of sp³-hybridized carbons (Fsp3) is 0.625. The van der Waals surface area contributed by atoms with Crippen molar-refractivity contribution in [2.24, 2.45) is 0 Å². The van der Waals surface area contributed by atoms with Crippen LogP contribution in [0.1, 0.15) is 52.0 Å². The Labute approximate surface area is 112 Å². The summed E-state index contributed by atoms with van der Waals surface area (Å²) >= 11 is 0. The van der Waals surface area contributed by atoms with Crippen LogP contribution in [0.3, 0.4) is 0 Å². The Bertz CT molecular complexity index is 325. The third-order valence-corrected chi connectivity index (χ3v) is 3.02. The molecule has 1 rings (SSSR count). The summed E-state index contributed by atoms with van der Waals surface area (Å²) in [5, 5.41) is 3.56. The maximum absolute atomic E-state index is 5.64. The zero-order chi connectivity index (χ0) is 13.2. The summed E-state index contributed by atoms with van der Waals surface area (Å²) in [4.78, 5) is 0. The summed E-state index contributed by atoms with van der Waals surface area (Å²) < 4.78 is 5.64. The van der Waals surface area contributed by atoms with Crippen molar-refractivity contribution in [2.45, 2.75) is 59.0 Å². The molecule has 0 heterocycles. The summed E-state index contributed by atoms with van der Waals surface area (Å²) in [6.07, 6.45) is 4.87. The fourth-order valence-corrected chi connectivity index (χ4v) is 1.87. The van der Waals surface area contributed by atoms with E-state index in [-0.39, 0.29) is 0 Å². The summed E-state index contributed by atoms with van der Waals surface area (Å²) in [6.45, 7) is 8.34. The maximum atomic E-state index is 5.64. The SMILES string of the molecule is CCCCC(C)NCc1cccc(OCCC)c1. The van der Waals surface area contributed by atoms with E-state index >= 15 is 0 Å². The number of nitrogens with one attached hydrogen (secondary N) is 1. The molecule has 0 fully saturated rings. The van der Waals surface area contributed by atoms with Gasteiger partial charge in [0.1, 0.15) is 5.75 Å². The van der Waals surface area contributed by atoms with Crippen molar-refractivity contribution in [1.29, 1.82) is 0 Å². The van der Waals surface area contributed by atoms with Gasteiger partial charge in [-0.2, -0.15) is 0 Å². The summed E-state index contributed by atoms with van der Waals surface area (Å²) in [5.74, 6) is 0.984. The average molecular weight is 249 g/mol. The van der Waals surface area contributed by atoms with Gasteiger partial charge in [-0.15, -0.1) is 0 Å². The lowest BCUT2D eigenvalue weighted by Gasteiger charge is -2.14. The zero-order valence-corrected chi connectivity index (χ0v) is 12.0. The first-order chi connectivity index (χ1) is 8.76. The number of unbranched alkanes of at least 4 members (excludes halogenated alkanes) is 1. The Morgan fingerprint density at radius 2 is 2.06 bits per heavy atom. The lowest BCUT2D eigenvalue weighted by atomic mass is 10.1. The third-order valence-electron chi connectivity index (χ3n) is 3.02. The van der Waals surface area contributed by atoms with Gasteiger partial charge in [0, 0.05) is 12.6 Å². The molecule has 1 unspecified atom stereocenters. The monoisotopic (exact) mass is 249 g/mol. The van der Waals surface area contributed by atoms with Crippen LogP contribution in [0.15, 0.2) is 24.3 Å². The van der Waals surface area contributed by atoms with Gasteiger partial charge in [0.25, 0.3) is 0 Å². The van der Waals surface area contributed by atoms with Gasteiger partial charge in [0.2, 0.25) is 0 Å². The topological polar surface area (TPSA) is 21.3 Å². The van der Waals surface area contributed by atoms with E-state index in [1.165, 1.54) is 24.8 Å². The third kappa shape index (κ3) is 6.06. The van der Waals surface area contributed by atoms with E-state index in [1.807, 2.05) is 6.07 Å². The van der Waals surface area contributed by atoms with E-state index in [2.05, 4.69) is 44.3 Å². The minimum Gasteiger partial charge on any atom is -0.494 e. The predicted molar refractivity (Wildman–Crippen MR) is 78.1 cm³/mol. The Morgan fingerprint density at radius 3 is 2.78 bits per heavy atom. The van der Waals surface area contributed by atoms with Gasteiger partial charge in [0.05, 0.1) is 6.61 Å². The standard InChI is InChI=1S/C16H27NO/c1-4-6-8-14(3)17-13-15-9-7-10-16(12-15)18-11-5-2/h7,9-10,12,14,17H,4-6,8,11,13H2,1-3H3. The van der Waals surface area contributed by atoms with Gasteiger partial charge in [-0.1, -0.05) is 38.8 Å². The number of rotatable bonds is 9. The number of ether oxygens (including phenoxy) is 1. The highest BCUT2D eigenvalue weighted by atomic mass is 16.5. The second kappa shape index (κ2) is 8.98. The molecule has 0 radical (unpaired) electrons. The van der Waals surface area contributed by atoms with E-state index in [1.54, 1.807) is 0 Å². The molecule has 1 N–H and O–H groups in total. The Morgan fingerprint density at radius 1 is 1.22 bits per heavy atom. The molecule has 0 aromatic heterocycles. The van der Waals surface area contributed by atoms with Crippen molar-refractivity contribution in [3.63, 3.8) is 0 Å². The van der Waals surface area contributed by atoms with Crippen LogP contribution in [0.5, 0.6) is 5.75 Å². The van der Waals surface area contributed by atoms with Gasteiger partial charge in [-0.05, 0) is 37.5 Å². The van der Waals surface area contributed by atoms with Crippen LogP contribution in [0.25, 0.3) is 0 Å². The highest BCUT2D eigenvalue weighted by Crippen LogP contribution is 2.13. The second-order valence-electron chi connectivity index (χ2n) is 4.92. The highest BCUT2D eigenvalue weighted by molar-refractivity contribution is 5.28. The van der Waals surface area contributed by atoms with Crippen molar-refractivity contribution < 1.29 is 4.74 Å². The quantitative estimate of drug-likeness (QED) is 0.710. The van der Waals surface area contributed by atoms with Crippen LogP contribution >= 0.6 is 0 Å². The van der Waals surface area contributed by atoms with Crippen LogP contribution < -0.4 is 10.1 Å². The normalized spacial score (nSPS) is 12.4. The smallest absolute Gasteiger partial charge is 0.119 e. The Kier molecular flexibility index (Phi) is 7.51. The minimum absolute atomic E-state index is 0.588. The van der Waals surface area contributed by atoms with Crippen molar-refractivity contribution in [3.8, 4) is 5.75 Å². The molecule has 2 heteroatoms. The minimum atomic E-state index is 0.588. The molecular formula is C16H27NO. The maximum Gasteiger partial charge on any atom is 0.119 e. The molecule has 0 amide bonds. The molecule has 0 saturated carbocycles. The largest absolute Gasteiger partial charge is 0.494 e. The predicted octanol–water partition coefficient (Wildman–Crippen LogP) is 4.14. The number of benzene rings is 1. The lowest BCUT2D eigenvalue weighted by Crippen LogP contribution is -2.25. The fourth-order valence-electron chi connectivity index (χ4n) is 1.87. The van der Waals surface area contributed by atoms with Crippen molar-refractivity contribution >= 4 is 0 Å². The molecule has 102 valence electrons. The number of hydrogen-bond donors (Lipinski definition) is 1. The molecule has 18 heavy (non-hydrogen) atoms. The van der Waals surface area contributed by atoms with E-state index < -0.39 is 0 Å². The molecule has 1 aromatic rings. The molecule has 0 bridgehead atoms. The summed E-state index contributed by atoms with van der Waals surface area (Å²) in [7, 11) is 0. The summed E-state index contributed by atoms with van der Waals surface area (Å²) in [5.41, 5.74) is 1.30. The zero-order valence-electron chi connectivity index (χ0n) is 12.0. The van der Waals surface area contributed by atoms with E-state index in [4.69, 9.17) is 4.74 Å². The first-order valence-corrected chi connectivity index (χ1v) is 7.21. The molecule has 0 spiro atoms. The molecule has 0 aliphatic rings. The van der Waals surface area contributed by atoms with Crippen LogP contribution in [-0.4, -0.2) is 12.6 Å². The molecule has 0 aliphatic carbocycles. The van der Waals surface area contributed by atoms with Crippen molar-refractivity contribution in [1.82, 2.24) is 5.32 Å². The highest BCUT2D eigenvalue weighted by Gasteiger charge is 2.01. The molecule has 1 atom stereocenters. The molecule has 2 nitrogen and oxygen atoms in total. The van der Waals surface area contributed by atoms with E-state index in [9.17, 15) is 0 Å². The van der Waals surface area contributed by atoms with Crippen LogP contribution in [-0.2, 0) is 6.54 Å². The second-order valence-corrected chi connectivity index (χ2v) is 4.92. The molecule has 0 saturated heterocycles. The van der Waals surface area contributed by atoms with Crippen molar-refractivity contribution in [2.75, 3.05) is 6.61 Å². The Balaban J connectivity index is 2.37. The van der Waals surface area contributed by atoms with E-state index in [0.29, 0.717) is 6.04 Å².